The van der Waals surface area contributed by atoms with Gasteiger partial charge in [0.15, 0.2) is 11.5 Å². The molecule has 30 heavy (non-hydrogen) atoms. The van der Waals surface area contributed by atoms with Crippen molar-refractivity contribution in [2.24, 2.45) is 5.16 Å². The number of aromatic nitrogens is 4. The van der Waals surface area contributed by atoms with E-state index < -0.39 is 5.97 Å². The molecule has 1 aromatic carbocycles. The summed E-state index contributed by atoms with van der Waals surface area (Å²) in [5, 5.41) is 17.7. The van der Waals surface area contributed by atoms with Gasteiger partial charge < -0.3 is 9.94 Å². The number of ether oxygens (including phenoxy) is 1. The molecule has 4 aromatic rings. The first kappa shape index (κ1) is 19.3. The zero-order valence-corrected chi connectivity index (χ0v) is 16.7. The number of pyridine rings is 2. The van der Waals surface area contributed by atoms with Gasteiger partial charge in [-0.05, 0) is 49.7 Å². The van der Waals surface area contributed by atoms with Crippen molar-refractivity contribution < 1.29 is 14.7 Å². The third kappa shape index (κ3) is 3.50. The zero-order valence-electron chi connectivity index (χ0n) is 16.7. The van der Waals surface area contributed by atoms with E-state index in [0.29, 0.717) is 17.2 Å². The highest BCUT2D eigenvalue weighted by atomic mass is 16.5. The Morgan fingerprint density at radius 1 is 1.10 bits per heavy atom. The average molecular weight is 401 g/mol. The second kappa shape index (κ2) is 7.75. The summed E-state index contributed by atoms with van der Waals surface area (Å²) in [7, 11) is 1.32. The highest BCUT2D eigenvalue weighted by Gasteiger charge is 2.13. The molecule has 150 valence electrons. The molecule has 0 saturated heterocycles. The molecule has 0 spiro atoms. The number of esters is 1. The fourth-order valence-electron chi connectivity index (χ4n) is 3.17. The molecule has 8 nitrogen and oxygen atoms in total. The molecule has 0 aliphatic carbocycles. The number of benzene rings is 1. The van der Waals surface area contributed by atoms with Crippen molar-refractivity contribution in [1.82, 2.24) is 19.7 Å². The van der Waals surface area contributed by atoms with Crippen LogP contribution in [0.15, 0.2) is 59.9 Å². The molecular weight excluding hydrogens is 382 g/mol. The van der Waals surface area contributed by atoms with E-state index in [1.54, 1.807) is 36.0 Å². The van der Waals surface area contributed by atoms with Crippen LogP contribution in [0, 0.1) is 6.92 Å². The van der Waals surface area contributed by atoms with E-state index >= 15 is 0 Å². The van der Waals surface area contributed by atoms with Crippen LogP contribution in [0.25, 0.3) is 28.0 Å². The normalized spacial score (nSPS) is 11.6. The fraction of sp³-hybridized carbons (Fsp3) is 0.136. The van der Waals surface area contributed by atoms with Crippen molar-refractivity contribution in [2.45, 2.75) is 13.8 Å². The standard InChI is InChI=1S/C22H19N5O3/c1-13-9-18(14(2)26-29)24-19(10-13)15-7-8-16-12-23-27(20(16)11-15)21-6-4-5-17(25-21)22(28)30-3/h4-12,29H,1-3H3/b26-14+. The molecule has 0 unspecified atom stereocenters. The van der Waals surface area contributed by atoms with Crippen molar-refractivity contribution >= 4 is 22.6 Å². The van der Waals surface area contributed by atoms with Crippen LogP contribution >= 0.6 is 0 Å². The van der Waals surface area contributed by atoms with Gasteiger partial charge in [-0.15, -0.1) is 0 Å². The molecule has 3 aromatic heterocycles. The van der Waals surface area contributed by atoms with Crippen LogP contribution in [0.4, 0.5) is 0 Å². The van der Waals surface area contributed by atoms with Crippen molar-refractivity contribution in [2.75, 3.05) is 7.11 Å². The van der Waals surface area contributed by atoms with Crippen LogP contribution in [0.1, 0.15) is 28.7 Å². The maximum Gasteiger partial charge on any atom is 0.356 e. The minimum atomic E-state index is -0.508. The highest BCUT2D eigenvalue weighted by molar-refractivity contribution is 5.97. The number of fused-ring (bicyclic) bond motifs is 1. The molecular formula is C22H19N5O3. The Hall–Kier alpha value is -4.07. The van der Waals surface area contributed by atoms with Crippen LogP contribution in [-0.2, 0) is 4.74 Å². The summed E-state index contributed by atoms with van der Waals surface area (Å²) >= 11 is 0. The Bertz CT molecular complexity index is 1290. The van der Waals surface area contributed by atoms with Gasteiger partial charge in [0, 0.05) is 10.9 Å². The van der Waals surface area contributed by atoms with E-state index in [-0.39, 0.29) is 5.69 Å². The number of hydrogen-bond acceptors (Lipinski definition) is 7. The molecule has 4 rings (SSSR count). The minimum Gasteiger partial charge on any atom is -0.464 e. The first-order valence-corrected chi connectivity index (χ1v) is 9.22. The average Bonchev–Trinajstić information content (AvgIpc) is 3.21. The molecule has 1 N–H and O–H groups in total. The van der Waals surface area contributed by atoms with Gasteiger partial charge in [-0.25, -0.2) is 19.4 Å². The number of rotatable bonds is 4. The van der Waals surface area contributed by atoms with Gasteiger partial charge in [0.05, 0.1) is 30.2 Å². The fourth-order valence-corrected chi connectivity index (χ4v) is 3.17. The van der Waals surface area contributed by atoms with Gasteiger partial charge in [-0.1, -0.05) is 23.4 Å². The molecule has 0 bridgehead atoms. The summed E-state index contributed by atoms with van der Waals surface area (Å²) in [5.74, 6) is -0.00222. The molecule has 0 atom stereocenters. The lowest BCUT2D eigenvalue weighted by atomic mass is 10.1. The Kier molecular flexibility index (Phi) is 4.97. The molecule has 0 fully saturated rings. The number of hydrogen-bond donors (Lipinski definition) is 1. The summed E-state index contributed by atoms with van der Waals surface area (Å²) < 4.78 is 6.43. The zero-order chi connectivity index (χ0) is 21.3. The van der Waals surface area contributed by atoms with Crippen LogP contribution in [-0.4, -0.2) is 43.7 Å². The molecule has 0 radical (unpaired) electrons. The monoisotopic (exact) mass is 401 g/mol. The minimum absolute atomic E-state index is 0.207. The third-order valence-corrected chi connectivity index (χ3v) is 4.70. The van der Waals surface area contributed by atoms with E-state index in [0.717, 1.165) is 27.7 Å². The van der Waals surface area contributed by atoms with Crippen molar-refractivity contribution in [1.29, 1.82) is 0 Å². The Balaban J connectivity index is 1.84. The number of carbonyl (C=O) groups excluding carboxylic acids is 1. The lowest BCUT2D eigenvalue weighted by Crippen LogP contribution is -2.07. The van der Waals surface area contributed by atoms with Gasteiger partial charge in [-0.2, -0.15) is 5.10 Å². The Labute approximate surface area is 172 Å². The van der Waals surface area contributed by atoms with Gasteiger partial charge in [0.1, 0.15) is 5.71 Å². The molecule has 3 heterocycles. The van der Waals surface area contributed by atoms with E-state index in [4.69, 9.17) is 9.94 Å². The summed E-state index contributed by atoms with van der Waals surface area (Å²) in [6.07, 6.45) is 1.74. The summed E-state index contributed by atoms with van der Waals surface area (Å²) in [4.78, 5) is 20.8. The molecule has 8 heteroatoms. The summed E-state index contributed by atoms with van der Waals surface area (Å²) in [6, 6.07) is 14.8. The largest absolute Gasteiger partial charge is 0.464 e. The molecule has 0 aliphatic heterocycles. The molecule has 0 aliphatic rings. The number of oxime groups is 1. The SMILES string of the molecule is COC(=O)c1cccc(-n2ncc3ccc(-c4cc(C)cc(/C(C)=N/O)n4)cc32)n1. The Morgan fingerprint density at radius 2 is 1.93 bits per heavy atom. The summed E-state index contributed by atoms with van der Waals surface area (Å²) in [6.45, 7) is 3.66. The van der Waals surface area contributed by atoms with Crippen LogP contribution in [0.5, 0.6) is 0 Å². The first-order chi connectivity index (χ1) is 14.5. The first-order valence-electron chi connectivity index (χ1n) is 9.22. The van der Waals surface area contributed by atoms with E-state index in [2.05, 4.69) is 20.2 Å². The lowest BCUT2D eigenvalue weighted by Gasteiger charge is -2.08. The predicted octanol–water partition coefficient (Wildman–Crippen LogP) is 3.78. The Morgan fingerprint density at radius 3 is 2.70 bits per heavy atom. The van der Waals surface area contributed by atoms with Crippen LogP contribution in [0.2, 0.25) is 0 Å². The van der Waals surface area contributed by atoms with E-state index in [1.165, 1.54) is 7.11 Å². The van der Waals surface area contributed by atoms with Gasteiger partial charge >= 0.3 is 5.97 Å². The number of carbonyl (C=O) groups is 1. The molecule has 0 saturated carbocycles. The second-order valence-electron chi connectivity index (χ2n) is 6.80. The maximum absolute atomic E-state index is 11.8. The third-order valence-electron chi connectivity index (χ3n) is 4.70. The number of methoxy groups -OCH3 is 1. The van der Waals surface area contributed by atoms with E-state index in [1.807, 2.05) is 37.3 Å². The van der Waals surface area contributed by atoms with Gasteiger partial charge in [0.25, 0.3) is 0 Å². The quantitative estimate of drug-likeness (QED) is 0.242. The van der Waals surface area contributed by atoms with Crippen molar-refractivity contribution in [3.8, 4) is 17.1 Å². The molecule has 0 amide bonds. The van der Waals surface area contributed by atoms with Crippen molar-refractivity contribution in [3.05, 3.63) is 71.7 Å². The lowest BCUT2D eigenvalue weighted by molar-refractivity contribution is 0.0594. The van der Waals surface area contributed by atoms with Crippen LogP contribution < -0.4 is 0 Å². The van der Waals surface area contributed by atoms with Gasteiger partial charge in [-0.3, -0.25) is 0 Å². The highest BCUT2D eigenvalue weighted by Crippen LogP contribution is 2.26. The second-order valence-corrected chi connectivity index (χ2v) is 6.80. The smallest absolute Gasteiger partial charge is 0.356 e. The topological polar surface area (TPSA) is 102 Å². The van der Waals surface area contributed by atoms with Crippen LogP contribution in [0.3, 0.4) is 0 Å². The number of aryl methyl sites for hydroxylation is 1. The van der Waals surface area contributed by atoms with E-state index in [9.17, 15) is 4.79 Å². The summed E-state index contributed by atoms with van der Waals surface area (Å²) in [5.41, 5.74) is 4.70. The number of nitrogens with zero attached hydrogens (tertiary/aromatic N) is 5. The maximum atomic E-state index is 11.8. The predicted molar refractivity (Wildman–Crippen MR) is 112 cm³/mol. The van der Waals surface area contributed by atoms with Gasteiger partial charge in [0.2, 0.25) is 0 Å². The van der Waals surface area contributed by atoms with Crippen molar-refractivity contribution in [3.63, 3.8) is 0 Å².